The lowest BCUT2D eigenvalue weighted by atomic mass is 10.2. The molecule has 1 atom stereocenters. The molecule has 34 heavy (non-hydrogen) atoms. The maximum atomic E-state index is 12.4. The van der Waals surface area contributed by atoms with Crippen LogP contribution in [0.2, 0.25) is 10.0 Å². The van der Waals surface area contributed by atoms with Crippen molar-refractivity contribution in [1.29, 1.82) is 0 Å². The van der Waals surface area contributed by atoms with Gasteiger partial charge in [-0.25, -0.2) is 10.2 Å². The second-order valence-corrected chi connectivity index (χ2v) is 7.81. The van der Waals surface area contributed by atoms with Gasteiger partial charge in [-0.15, -0.1) is 0 Å². The minimum Gasteiger partial charge on any atom is -0.490 e. The fourth-order valence-electron chi connectivity index (χ4n) is 2.77. The average Bonchev–Trinajstić information content (AvgIpc) is 2.83. The number of amides is 1. The lowest BCUT2D eigenvalue weighted by molar-refractivity contribution is -0.127. The van der Waals surface area contributed by atoms with Crippen LogP contribution in [-0.2, 0) is 4.79 Å². The van der Waals surface area contributed by atoms with E-state index < -0.39 is 18.0 Å². The number of hydrogen-bond acceptors (Lipinski definition) is 6. The number of halogens is 2. The van der Waals surface area contributed by atoms with Crippen LogP contribution in [0.25, 0.3) is 0 Å². The number of carbonyl (C=O) groups excluding carboxylic acids is 2. The Hall–Kier alpha value is -3.55. The Balaban J connectivity index is 1.62. The number of esters is 1. The molecule has 176 valence electrons. The van der Waals surface area contributed by atoms with Crippen molar-refractivity contribution in [2.24, 2.45) is 5.10 Å². The van der Waals surface area contributed by atoms with Crippen molar-refractivity contribution < 1.29 is 23.8 Å². The lowest BCUT2D eigenvalue weighted by Gasteiger charge is -2.14. The van der Waals surface area contributed by atoms with Gasteiger partial charge in [0, 0.05) is 5.02 Å². The summed E-state index contributed by atoms with van der Waals surface area (Å²) in [5, 5.41) is 4.72. The number of nitrogens with zero attached hydrogens (tertiary/aromatic N) is 1. The van der Waals surface area contributed by atoms with Gasteiger partial charge >= 0.3 is 5.97 Å². The molecule has 0 aliphatic rings. The predicted molar refractivity (Wildman–Crippen MR) is 131 cm³/mol. The third-order valence-electron chi connectivity index (χ3n) is 4.44. The minimum atomic E-state index is -0.852. The zero-order valence-electron chi connectivity index (χ0n) is 18.5. The van der Waals surface area contributed by atoms with Crippen molar-refractivity contribution in [3.63, 3.8) is 0 Å². The molecule has 1 N–H and O–H groups in total. The molecule has 0 radical (unpaired) electrons. The van der Waals surface area contributed by atoms with E-state index in [2.05, 4.69) is 10.5 Å². The van der Waals surface area contributed by atoms with Gasteiger partial charge in [-0.2, -0.15) is 5.10 Å². The molecule has 0 spiro atoms. The number of hydrogen-bond donors (Lipinski definition) is 1. The van der Waals surface area contributed by atoms with E-state index in [9.17, 15) is 9.59 Å². The predicted octanol–water partition coefficient (Wildman–Crippen LogP) is 5.53. The minimum absolute atomic E-state index is 0.277. The zero-order valence-corrected chi connectivity index (χ0v) is 20.0. The Labute approximate surface area is 207 Å². The Bertz CT molecular complexity index is 1190. The highest BCUT2D eigenvalue weighted by atomic mass is 35.5. The van der Waals surface area contributed by atoms with Crippen LogP contribution in [0.1, 0.15) is 29.8 Å². The Morgan fingerprint density at radius 3 is 2.44 bits per heavy atom. The molecule has 7 nitrogen and oxygen atoms in total. The summed E-state index contributed by atoms with van der Waals surface area (Å²) >= 11 is 11.9. The summed E-state index contributed by atoms with van der Waals surface area (Å²) in [4.78, 5) is 24.7. The maximum absolute atomic E-state index is 12.4. The van der Waals surface area contributed by atoms with Crippen molar-refractivity contribution in [1.82, 2.24) is 5.43 Å². The van der Waals surface area contributed by atoms with Gasteiger partial charge < -0.3 is 14.2 Å². The second-order valence-electron chi connectivity index (χ2n) is 6.96. The summed E-state index contributed by atoms with van der Waals surface area (Å²) in [7, 11) is 0. The lowest BCUT2D eigenvalue weighted by Crippen LogP contribution is -2.33. The third-order valence-corrected chi connectivity index (χ3v) is 4.97. The monoisotopic (exact) mass is 500 g/mol. The van der Waals surface area contributed by atoms with E-state index >= 15 is 0 Å². The van der Waals surface area contributed by atoms with Gasteiger partial charge in [0.05, 0.1) is 23.4 Å². The highest BCUT2D eigenvalue weighted by molar-refractivity contribution is 6.35. The maximum Gasteiger partial charge on any atom is 0.343 e. The molecule has 9 heteroatoms. The van der Waals surface area contributed by atoms with E-state index in [1.54, 1.807) is 61.5 Å². The van der Waals surface area contributed by atoms with Crippen molar-refractivity contribution in [2.75, 3.05) is 6.61 Å². The van der Waals surface area contributed by atoms with Crippen LogP contribution in [0.4, 0.5) is 0 Å². The van der Waals surface area contributed by atoms with E-state index in [1.165, 1.54) is 12.3 Å². The first kappa shape index (κ1) is 25.1. The van der Waals surface area contributed by atoms with Gasteiger partial charge in [0.1, 0.15) is 5.75 Å². The Morgan fingerprint density at radius 1 is 1.00 bits per heavy atom. The first-order valence-corrected chi connectivity index (χ1v) is 11.1. The summed E-state index contributed by atoms with van der Waals surface area (Å²) in [6.07, 6.45) is 0.583. The van der Waals surface area contributed by atoms with Crippen LogP contribution >= 0.6 is 23.2 Å². The summed E-state index contributed by atoms with van der Waals surface area (Å²) in [5.74, 6) is 0.0142. The SMILES string of the molecule is CCOc1cc(/C=N/NC(=O)C(C)Oc2ccc(Cl)cc2Cl)ccc1OC(=O)c1ccccc1. The van der Waals surface area contributed by atoms with Crippen LogP contribution in [-0.4, -0.2) is 30.8 Å². The topological polar surface area (TPSA) is 86.2 Å². The van der Waals surface area contributed by atoms with E-state index in [-0.39, 0.29) is 5.75 Å². The van der Waals surface area contributed by atoms with Gasteiger partial charge in [-0.3, -0.25) is 4.79 Å². The molecule has 1 unspecified atom stereocenters. The molecular formula is C25H22Cl2N2O5. The molecule has 0 aromatic heterocycles. The second kappa shape index (κ2) is 12.1. The van der Waals surface area contributed by atoms with Crippen molar-refractivity contribution in [3.8, 4) is 17.2 Å². The Kier molecular flexibility index (Phi) is 8.90. The van der Waals surface area contributed by atoms with Crippen LogP contribution in [0.3, 0.4) is 0 Å². The van der Waals surface area contributed by atoms with E-state index in [1.807, 2.05) is 13.0 Å². The molecule has 0 saturated carbocycles. The number of rotatable bonds is 9. The van der Waals surface area contributed by atoms with Crippen molar-refractivity contribution >= 4 is 41.3 Å². The van der Waals surface area contributed by atoms with E-state index in [0.29, 0.717) is 39.3 Å². The fourth-order valence-corrected chi connectivity index (χ4v) is 3.22. The van der Waals surface area contributed by atoms with E-state index in [4.69, 9.17) is 37.4 Å². The summed E-state index contributed by atoms with van der Waals surface area (Å²) in [6.45, 7) is 3.76. The number of carbonyl (C=O) groups is 2. The number of ether oxygens (including phenoxy) is 3. The quantitative estimate of drug-likeness (QED) is 0.180. The molecule has 0 bridgehead atoms. The summed E-state index contributed by atoms with van der Waals surface area (Å²) in [6, 6.07) is 18.3. The smallest absolute Gasteiger partial charge is 0.343 e. The molecule has 3 aromatic rings. The fraction of sp³-hybridized carbons (Fsp3) is 0.160. The van der Waals surface area contributed by atoms with Crippen LogP contribution in [0.15, 0.2) is 71.8 Å². The standard InChI is InChI=1S/C25H22Cl2N2O5/c1-3-32-23-13-17(9-11-22(23)34-25(31)18-7-5-4-6-8-18)15-28-29-24(30)16(2)33-21-12-10-19(26)14-20(21)27/h4-16H,3H2,1-2H3,(H,29,30)/b28-15+. The first-order chi connectivity index (χ1) is 16.4. The molecule has 0 saturated heterocycles. The molecule has 0 fully saturated rings. The highest BCUT2D eigenvalue weighted by Crippen LogP contribution is 2.29. The number of benzene rings is 3. The Morgan fingerprint density at radius 2 is 1.74 bits per heavy atom. The molecule has 0 heterocycles. The third kappa shape index (κ3) is 6.97. The van der Waals surface area contributed by atoms with Crippen LogP contribution in [0.5, 0.6) is 17.2 Å². The van der Waals surface area contributed by atoms with Gasteiger partial charge in [-0.05, 0) is 67.9 Å². The number of hydrazone groups is 1. The van der Waals surface area contributed by atoms with Gasteiger partial charge in [0.2, 0.25) is 0 Å². The average molecular weight is 501 g/mol. The van der Waals surface area contributed by atoms with Gasteiger partial charge in [0.25, 0.3) is 5.91 Å². The van der Waals surface area contributed by atoms with Gasteiger partial charge in [0.15, 0.2) is 17.6 Å². The molecule has 1 amide bonds. The zero-order chi connectivity index (χ0) is 24.5. The molecule has 3 rings (SSSR count). The van der Waals surface area contributed by atoms with Crippen LogP contribution < -0.4 is 19.6 Å². The normalized spacial score (nSPS) is 11.6. The molecular weight excluding hydrogens is 479 g/mol. The van der Waals surface area contributed by atoms with Crippen molar-refractivity contribution in [3.05, 3.63) is 87.9 Å². The van der Waals surface area contributed by atoms with Crippen LogP contribution in [0, 0.1) is 0 Å². The van der Waals surface area contributed by atoms with Crippen molar-refractivity contribution in [2.45, 2.75) is 20.0 Å². The summed E-state index contributed by atoms with van der Waals surface area (Å²) < 4.78 is 16.6. The molecule has 0 aliphatic carbocycles. The highest BCUT2D eigenvalue weighted by Gasteiger charge is 2.16. The molecule has 3 aromatic carbocycles. The van der Waals surface area contributed by atoms with E-state index in [0.717, 1.165) is 0 Å². The summed E-state index contributed by atoms with van der Waals surface area (Å²) in [5.41, 5.74) is 3.46. The molecule has 0 aliphatic heterocycles. The first-order valence-electron chi connectivity index (χ1n) is 10.4. The number of nitrogens with one attached hydrogen (secondary N) is 1. The largest absolute Gasteiger partial charge is 0.490 e. The van der Waals surface area contributed by atoms with Gasteiger partial charge in [-0.1, -0.05) is 41.4 Å².